The summed E-state index contributed by atoms with van der Waals surface area (Å²) in [6.07, 6.45) is 3.47. The predicted molar refractivity (Wildman–Crippen MR) is 84.9 cm³/mol. The first-order valence-corrected chi connectivity index (χ1v) is 7.54. The van der Waals surface area contributed by atoms with Crippen LogP contribution in [0.3, 0.4) is 0 Å². The number of nitrogens with zero attached hydrogens (tertiary/aromatic N) is 5. The number of aromatic nitrogens is 4. The van der Waals surface area contributed by atoms with E-state index < -0.39 is 0 Å². The van der Waals surface area contributed by atoms with E-state index in [4.69, 9.17) is 4.74 Å². The Morgan fingerprint density at radius 2 is 2.23 bits per heavy atom. The zero-order valence-electron chi connectivity index (χ0n) is 11.7. The summed E-state index contributed by atoms with van der Waals surface area (Å²) < 4.78 is 9.37. The Morgan fingerprint density at radius 1 is 1.36 bits per heavy atom. The molecule has 0 saturated carbocycles. The molecule has 7 nitrogen and oxygen atoms in total. The van der Waals surface area contributed by atoms with Gasteiger partial charge in [-0.1, -0.05) is 0 Å². The predicted octanol–water partition coefficient (Wildman–Crippen LogP) is 1.72. The summed E-state index contributed by atoms with van der Waals surface area (Å²) in [7, 11) is 1.64. The van der Waals surface area contributed by atoms with Crippen molar-refractivity contribution in [1.82, 2.24) is 19.2 Å². The van der Waals surface area contributed by atoms with Gasteiger partial charge in [-0.2, -0.15) is 5.10 Å². The molecule has 1 aliphatic heterocycles. The van der Waals surface area contributed by atoms with Gasteiger partial charge in [0.25, 0.3) is 0 Å². The number of rotatable bonds is 1. The lowest BCUT2D eigenvalue weighted by atomic mass is 10.3. The fourth-order valence-electron chi connectivity index (χ4n) is 2.56. The highest BCUT2D eigenvalue weighted by atomic mass is 79.9. The van der Waals surface area contributed by atoms with Crippen molar-refractivity contribution in [2.24, 2.45) is 7.05 Å². The SMILES string of the molecule is Cn1nc2cc(N3CCOc4cc(Br)cnc43)ccn2c1=O. The fourth-order valence-corrected chi connectivity index (χ4v) is 2.87. The minimum atomic E-state index is -0.161. The summed E-state index contributed by atoms with van der Waals surface area (Å²) >= 11 is 3.40. The van der Waals surface area contributed by atoms with Crippen molar-refractivity contribution in [1.29, 1.82) is 0 Å². The van der Waals surface area contributed by atoms with E-state index in [9.17, 15) is 4.79 Å². The average Bonchev–Trinajstić information content (AvgIpc) is 2.80. The molecule has 0 saturated heterocycles. The van der Waals surface area contributed by atoms with E-state index in [0.29, 0.717) is 18.8 Å². The van der Waals surface area contributed by atoms with Gasteiger partial charge in [0.1, 0.15) is 6.61 Å². The monoisotopic (exact) mass is 361 g/mol. The molecule has 0 aromatic carbocycles. The van der Waals surface area contributed by atoms with Gasteiger partial charge in [-0.25, -0.2) is 14.5 Å². The van der Waals surface area contributed by atoms with Crippen LogP contribution in [0, 0.1) is 0 Å². The van der Waals surface area contributed by atoms with Crippen molar-refractivity contribution < 1.29 is 4.74 Å². The third-order valence-corrected chi connectivity index (χ3v) is 4.03. The lowest BCUT2D eigenvalue weighted by Gasteiger charge is -2.30. The number of ether oxygens (including phenoxy) is 1. The second kappa shape index (κ2) is 4.84. The number of halogens is 1. The van der Waals surface area contributed by atoms with E-state index in [1.807, 2.05) is 18.2 Å². The molecule has 3 aromatic rings. The molecule has 0 unspecified atom stereocenters. The molecule has 22 heavy (non-hydrogen) atoms. The molecule has 0 amide bonds. The van der Waals surface area contributed by atoms with Crippen LogP contribution in [-0.4, -0.2) is 32.3 Å². The van der Waals surface area contributed by atoms with Crippen LogP contribution < -0.4 is 15.3 Å². The molecule has 0 N–H and O–H groups in total. The summed E-state index contributed by atoms with van der Waals surface area (Å²) in [4.78, 5) is 18.4. The van der Waals surface area contributed by atoms with Gasteiger partial charge >= 0.3 is 5.69 Å². The van der Waals surface area contributed by atoms with Gasteiger partial charge in [0, 0.05) is 35.7 Å². The standard InChI is InChI=1S/C14H12BrN5O2/c1-18-14(21)20-3-2-10(7-12(20)17-18)19-4-5-22-11-6-9(15)8-16-13(11)19/h2-3,6-8H,4-5H2,1H3. The third kappa shape index (κ3) is 1.98. The molecule has 0 atom stereocenters. The minimum Gasteiger partial charge on any atom is -0.488 e. The van der Waals surface area contributed by atoms with E-state index in [1.165, 1.54) is 9.08 Å². The van der Waals surface area contributed by atoms with Crippen molar-refractivity contribution in [3.63, 3.8) is 0 Å². The molecule has 0 spiro atoms. The first-order valence-electron chi connectivity index (χ1n) is 6.75. The topological polar surface area (TPSA) is 64.7 Å². The zero-order chi connectivity index (χ0) is 15.3. The van der Waals surface area contributed by atoms with Crippen molar-refractivity contribution in [3.05, 3.63) is 45.5 Å². The number of anilines is 2. The molecule has 0 bridgehead atoms. The maximum atomic E-state index is 11.9. The van der Waals surface area contributed by atoms with Gasteiger partial charge in [0.15, 0.2) is 17.2 Å². The van der Waals surface area contributed by atoms with Crippen molar-refractivity contribution in [3.8, 4) is 5.75 Å². The molecule has 0 fully saturated rings. The fraction of sp³-hybridized carbons (Fsp3) is 0.214. The molecule has 3 aromatic heterocycles. The smallest absolute Gasteiger partial charge is 0.350 e. The molecular formula is C14H12BrN5O2. The van der Waals surface area contributed by atoms with E-state index >= 15 is 0 Å². The largest absolute Gasteiger partial charge is 0.488 e. The first-order chi connectivity index (χ1) is 10.6. The summed E-state index contributed by atoms with van der Waals surface area (Å²) in [6, 6.07) is 5.66. The summed E-state index contributed by atoms with van der Waals surface area (Å²) in [5, 5.41) is 4.22. The number of fused-ring (bicyclic) bond motifs is 2. The van der Waals surface area contributed by atoms with Crippen LogP contribution in [0.25, 0.3) is 5.65 Å². The van der Waals surface area contributed by atoms with E-state index in [-0.39, 0.29) is 5.69 Å². The van der Waals surface area contributed by atoms with Crippen LogP contribution in [0.1, 0.15) is 0 Å². The molecule has 112 valence electrons. The molecular weight excluding hydrogens is 350 g/mol. The Bertz CT molecular complexity index is 933. The number of hydrogen-bond acceptors (Lipinski definition) is 5. The van der Waals surface area contributed by atoms with Crippen LogP contribution in [0.2, 0.25) is 0 Å². The van der Waals surface area contributed by atoms with E-state index in [0.717, 1.165) is 21.7 Å². The Kier molecular flexibility index (Phi) is 2.93. The summed E-state index contributed by atoms with van der Waals surface area (Å²) in [6.45, 7) is 1.26. The quantitative estimate of drug-likeness (QED) is 0.660. The van der Waals surface area contributed by atoms with Gasteiger partial charge in [-0.3, -0.25) is 4.40 Å². The van der Waals surface area contributed by atoms with E-state index in [2.05, 4.69) is 30.9 Å². The van der Waals surface area contributed by atoms with Crippen molar-refractivity contribution >= 4 is 33.1 Å². The molecule has 8 heteroatoms. The second-order valence-electron chi connectivity index (χ2n) is 4.99. The van der Waals surface area contributed by atoms with Crippen LogP contribution >= 0.6 is 15.9 Å². The van der Waals surface area contributed by atoms with Gasteiger partial charge in [0.2, 0.25) is 0 Å². The molecule has 0 aliphatic carbocycles. The minimum absolute atomic E-state index is 0.161. The van der Waals surface area contributed by atoms with Crippen LogP contribution in [-0.2, 0) is 7.05 Å². The highest BCUT2D eigenvalue weighted by Crippen LogP contribution is 2.36. The summed E-state index contributed by atoms with van der Waals surface area (Å²) in [5.74, 6) is 1.50. The lowest BCUT2D eigenvalue weighted by molar-refractivity contribution is 0.311. The highest BCUT2D eigenvalue weighted by molar-refractivity contribution is 9.10. The van der Waals surface area contributed by atoms with Crippen molar-refractivity contribution in [2.45, 2.75) is 0 Å². The molecule has 0 radical (unpaired) electrons. The second-order valence-corrected chi connectivity index (χ2v) is 5.91. The summed E-state index contributed by atoms with van der Waals surface area (Å²) in [5.41, 5.74) is 1.37. The highest BCUT2D eigenvalue weighted by Gasteiger charge is 2.22. The normalized spacial score (nSPS) is 14.0. The van der Waals surface area contributed by atoms with Gasteiger partial charge in [0.05, 0.1) is 6.54 Å². The number of aryl methyl sites for hydroxylation is 1. The maximum absolute atomic E-state index is 11.9. The lowest BCUT2D eigenvalue weighted by Crippen LogP contribution is -2.29. The Hall–Kier alpha value is -2.35. The Balaban J connectivity index is 1.85. The van der Waals surface area contributed by atoms with Crippen LogP contribution in [0.15, 0.2) is 39.9 Å². The van der Waals surface area contributed by atoms with Gasteiger partial charge in [-0.15, -0.1) is 0 Å². The van der Waals surface area contributed by atoms with Gasteiger partial charge in [-0.05, 0) is 28.1 Å². The number of pyridine rings is 2. The van der Waals surface area contributed by atoms with Gasteiger partial charge < -0.3 is 9.64 Å². The molecule has 4 rings (SSSR count). The van der Waals surface area contributed by atoms with Crippen molar-refractivity contribution in [2.75, 3.05) is 18.1 Å². The van der Waals surface area contributed by atoms with Crippen LogP contribution in [0.5, 0.6) is 5.75 Å². The Morgan fingerprint density at radius 3 is 3.09 bits per heavy atom. The van der Waals surface area contributed by atoms with Crippen LogP contribution in [0.4, 0.5) is 11.5 Å². The van der Waals surface area contributed by atoms with E-state index in [1.54, 1.807) is 19.4 Å². The number of hydrogen-bond donors (Lipinski definition) is 0. The zero-order valence-corrected chi connectivity index (χ0v) is 13.3. The third-order valence-electron chi connectivity index (χ3n) is 3.59. The first kappa shape index (κ1) is 13.3. The maximum Gasteiger partial charge on any atom is 0.350 e. The Labute approximate surface area is 133 Å². The molecule has 4 heterocycles. The average molecular weight is 362 g/mol. The molecule has 1 aliphatic rings.